The number of hydrogen-bond donors (Lipinski definition) is 0. The molecule has 4 heterocycles. The van der Waals surface area contributed by atoms with Gasteiger partial charge >= 0.3 is 6.01 Å². The molecule has 5 aliphatic rings. The lowest BCUT2D eigenvalue weighted by Crippen LogP contribution is -2.51. The van der Waals surface area contributed by atoms with Gasteiger partial charge in [0.05, 0.1) is 30.8 Å². The number of likely N-dealkylation sites (tertiary alicyclic amines) is 1. The maximum atomic E-state index is 13.8. The first kappa shape index (κ1) is 27.5. The molecule has 2 atom stereocenters. The Labute approximate surface area is 248 Å². The normalized spacial score (nSPS) is 25.0. The van der Waals surface area contributed by atoms with Gasteiger partial charge in [-0.1, -0.05) is 12.1 Å². The lowest BCUT2D eigenvalue weighted by molar-refractivity contribution is 0.187. The van der Waals surface area contributed by atoms with Crippen molar-refractivity contribution in [3.8, 4) is 12.1 Å². The highest BCUT2D eigenvalue weighted by Crippen LogP contribution is 2.59. The van der Waals surface area contributed by atoms with E-state index >= 15 is 0 Å². The van der Waals surface area contributed by atoms with E-state index in [0.717, 1.165) is 44.0 Å². The third kappa shape index (κ3) is 5.08. The summed E-state index contributed by atoms with van der Waals surface area (Å²) >= 11 is 0. The van der Waals surface area contributed by atoms with Crippen LogP contribution in [0.1, 0.15) is 67.8 Å². The summed E-state index contributed by atoms with van der Waals surface area (Å²) in [5, 5.41) is 9.54. The van der Waals surface area contributed by atoms with Gasteiger partial charge in [-0.15, -0.1) is 0 Å². The van der Waals surface area contributed by atoms with Crippen molar-refractivity contribution in [1.29, 1.82) is 5.26 Å². The van der Waals surface area contributed by atoms with E-state index in [9.17, 15) is 9.65 Å². The molecule has 0 unspecified atom stereocenters. The van der Waals surface area contributed by atoms with Gasteiger partial charge < -0.3 is 24.3 Å². The second-order valence-electron chi connectivity index (χ2n) is 13.0. The molecule has 1 spiro atoms. The third-order valence-electron chi connectivity index (χ3n) is 10.3. The highest BCUT2D eigenvalue weighted by Gasteiger charge is 2.50. The van der Waals surface area contributed by atoms with Gasteiger partial charge in [0.15, 0.2) is 0 Å². The molecule has 1 saturated carbocycles. The van der Waals surface area contributed by atoms with E-state index in [1.165, 1.54) is 55.8 Å². The number of likely N-dealkylation sites (N-methyl/N-ethyl adjacent to an activating group) is 1. The number of allylic oxidation sites excluding steroid dienone is 1. The maximum absolute atomic E-state index is 13.8. The monoisotopic (exact) mass is 571 g/mol. The molecule has 2 aliphatic carbocycles. The predicted octanol–water partition coefficient (Wildman–Crippen LogP) is 4.73. The number of halogens is 1. The molecule has 0 radical (unpaired) electrons. The minimum atomic E-state index is -0.237. The second-order valence-corrected chi connectivity index (χ2v) is 13.0. The Morgan fingerprint density at radius 3 is 2.76 bits per heavy atom. The minimum absolute atomic E-state index is 0.0988. The number of rotatable bonds is 7. The largest absolute Gasteiger partial charge is 0.462 e. The average molecular weight is 572 g/mol. The van der Waals surface area contributed by atoms with E-state index in [1.807, 2.05) is 4.90 Å². The molecule has 3 aliphatic heterocycles. The molecule has 3 fully saturated rings. The number of fused-ring (bicyclic) bond motifs is 3. The van der Waals surface area contributed by atoms with Gasteiger partial charge in [0, 0.05) is 49.7 Å². The van der Waals surface area contributed by atoms with Crippen LogP contribution in [0.5, 0.6) is 6.01 Å². The average Bonchev–Trinajstić information content (AvgIpc) is 3.52. The Morgan fingerprint density at radius 1 is 1.12 bits per heavy atom. The molecule has 0 amide bonds. The Balaban J connectivity index is 1.20. The van der Waals surface area contributed by atoms with Crippen LogP contribution in [0, 0.1) is 11.3 Å². The number of hydrogen-bond acceptors (Lipinski definition) is 8. The summed E-state index contributed by atoms with van der Waals surface area (Å²) in [6, 6.07) is 9.91. The number of nitriles is 1. The van der Waals surface area contributed by atoms with Crippen LogP contribution < -0.4 is 14.5 Å². The molecule has 7 rings (SSSR count). The molecular formula is C33H42FN7O. The summed E-state index contributed by atoms with van der Waals surface area (Å²) in [5.74, 6) is 0.689. The molecule has 8 nitrogen and oxygen atoms in total. The summed E-state index contributed by atoms with van der Waals surface area (Å²) in [5.41, 5.74) is 7.15. The number of benzene rings is 1. The van der Waals surface area contributed by atoms with Gasteiger partial charge in [0.25, 0.3) is 0 Å². The number of aromatic nitrogens is 2. The van der Waals surface area contributed by atoms with Crippen molar-refractivity contribution in [3.63, 3.8) is 0 Å². The van der Waals surface area contributed by atoms with Crippen molar-refractivity contribution in [2.24, 2.45) is 0 Å². The molecule has 1 aromatic heterocycles. The zero-order valence-corrected chi connectivity index (χ0v) is 25.0. The van der Waals surface area contributed by atoms with E-state index in [2.05, 4.69) is 46.0 Å². The van der Waals surface area contributed by atoms with Crippen molar-refractivity contribution >= 4 is 11.5 Å². The molecular weight excluding hydrogens is 529 g/mol. The number of anilines is 2. The topological polar surface area (TPSA) is 71.8 Å². The Morgan fingerprint density at radius 2 is 2.00 bits per heavy atom. The molecule has 9 heteroatoms. The van der Waals surface area contributed by atoms with Crippen molar-refractivity contribution < 1.29 is 9.13 Å². The van der Waals surface area contributed by atoms with Gasteiger partial charge in [-0.3, -0.25) is 0 Å². The first-order chi connectivity index (χ1) is 20.4. The van der Waals surface area contributed by atoms with Gasteiger partial charge in [-0.2, -0.15) is 15.2 Å². The highest BCUT2D eigenvalue weighted by molar-refractivity contribution is 5.65. The summed E-state index contributed by atoms with van der Waals surface area (Å²) in [4.78, 5) is 19.2. The number of aryl methyl sites for hydroxylation is 1. The quantitative estimate of drug-likeness (QED) is 0.473. The lowest BCUT2D eigenvalue weighted by Gasteiger charge is -2.42. The van der Waals surface area contributed by atoms with E-state index in [1.54, 1.807) is 11.8 Å². The molecule has 1 aromatic carbocycles. The maximum Gasteiger partial charge on any atom is 0.318 e. The van der Waals surface area contributed by atoms with E-state index in [4.69, 9.17) is 14.7 Å². The van der Waals surface area contributed by atoms with Crippen LogP contribution >= 0.6 is 0 Å². The minimum Gasteiger partial charge on any atom is -0.462 e. The van der Waals surface area contributed by atoms with Crippen LogP contribution in [-0.4, -0.2) is 78.2 Å². The third-order valence-corrected chi connectivity index (χ3v) is 10.3. The van der Waals surface area contributed by atoms with Gasteiger partial charge in [0.1, 0.15) is 18.3 Å². The van der Waals surface area contributed by atoms with E-state index in [0.29, 0.717) is 50.1 Å². The number of nitrogens with zero attached hydrogens (tertiary/aromatic N) is 7. The van der Waals surface area contributed by atoms with Crippen LogP contribution in [0.15, 0.2) is 30.2 Å². The van der Waals surface area contributed by atoms with E-state index in [-0.39, 0.29) is 11.9 Å². The lowest BCUT2D eigenvalue weighted by atomic mass is 9.94. The first-order valence-corrected chi connectivity index (χ1v) is 15.8. The molecule has 0 bridgehead atoms. The second kappa shape index (κ2) is 11.0. The summed E-state index contributed by atoms with van der Waals surface area (Å²) in [7, 11) is 2.16. The Bertz CT molecular complexity index is 1410. The van der Waals surface area contributed by atoms with Gasteiger partial charge in [-0.25, -0.2) is 4.39 Å². The summed E-state index contributed by atoms with van der Waals surface area (Å²) in [6.45, 7) is 6.76. The molecule has 42 heavy (non-hydrogen) atoms. The van der Waals surface area contributed by atoms with Crippen molar-refractivity contribution in [2.45, 2.75) is 82.3 Å². The SMILES string of the molecule is CC(F)=CN1CCN(c2nc(OC[C@@H]3CCCN3C)nc3c2CCN(c2cccc4c2C2(CC4)CC2)C3)C[C@@H]1CC#N. The Kier molecular flexibility index (Phi) is 7.21. The highest BCUT2D eigenvalue weighted by atomic mass is 19.1. The van der Waals surface area contributed by atoms with Crippen LogP contribution in [-0.2, 0) is 24.8 Å². The van der Waals surface area contributed by atoms with Crippen LogP contribution in [0.25, 0.3) is 0 Å². The fraction of sp³-hybridized carbons (Fsp3) is 0.606. The molecule has 0 N–H and O–H groups in total. The van der Waals surface area contributed by atoms with Crippen LogP contribution in [0.3, 0.4) is 0 Å². The smallest absolute Gasteiger partial charge is 0.318 e. The number of piperazine rings is 1. The predicted molar refractivity (Wildman–Crippen MR) is 161 cm³/mol. The van der Waals surface area contributed by atoms with Gasteiger partial charge in [0.2, 0.25) is 0 Å². The van der Waals surface area contributed by atoms with Crippen LogP contribution in [0.4, 0.5) is 15.9 Å². The summed E-state index contributed by atoms with van der Waals surface area (Å²) in [6.07, 6.45) is 10.2. The molecule has 222 valence electrons. The van der Waals surface area contributed by atoms with Crippen molar-refractivity contribution in [2.75, 3.05) is 56.2 Å². The van der Waals surface area contributed by atoms with Crippen LogP contribution in [0.2, 0.25) is 0 Å². The fourth-order valence-electron chi connectivity index (χ4n) is 7.85. The van der Waals surface area contributed by atoms with Crippen molar-refractivity contribution in [1.82, 2.24) is 19.8 Å². The van der Waals surface area contributed by atoms with Gasteiger partial charge in [-0.05, 0) is 88.1 Å². The summed E-state index contributed by atoms with van der Waals surface area (Å²) < 4.78 is 20.2. The standard InChI is InChI=1S/C33H42FN7O/c1-23(34)19-39-17-18-41(20-25(39)9-14-35)31-27-10-16-40(29-7-3-5-24-8-11-33(12-13-33)30(24)29)21-28(27)36-32(37-31)42-22-26-6-4-15-38(26)2/h3,5,7,19,25-26H,4,6,8-13,15-18,20-22H2,1-2H3/t25-,26-/m0/s1. The molecule has 2 saturated heterocycles. The fourth-order valence-corrected chi connectivity index (χ4v) is 7.85. The van der Waals surface area contributed by atoms with E-state index < -0.39 is 0 Å². The van der Waals surface area contributed by atoms with Crippen molar-refractivity contribution in [3.05, 3.63) is 52.6 Å². The number of ether oxygens (including phenoxy) is 1. The zero-order chi connectivity index (χ0) is 28.8. The molecule has 2 aromatic rings. The Hall–Kier alpha value is -3.38. The first-order valence-electron chi connectivity index (χ1n) is 15.8. The zero-order valence-electron chi connectivity index (χ0n) is 25.0.